The Morgan fingerprint density at radius 2 is 1.07 bits per heavy atom. The summed E-state index contributed by atoms with van der Waals surface area (Å²) in [6.45, 7) is 5.54. The molecule has 0 aliphatic carbocycles. The molecule has 1 heterocycles. The molecule has 0 spiro atoms. The first-order valence-corrected chi connectivity index (χ1v) is 28.1. The summed E-state index contributed by atoms with van der Waals surface area (Å²) < 4.78 is 17.5. The van der Waals surface area contributed by atoms with Gasteiger partial charge in [0, 0.05) is 6.42 Å². The van der Waals surface area contributed by atoms with Gasteiger partial charge in [0.05, 0.1) is 25.4 Å². The van der Waals surface area contributed by atoms with Crippen LogP contribution in [-0.2, 0) is 23.8 Å². The van der Waals surface area contributed by atoms with Crippen LogP contribution in [0.15, 0.2) is 97.2 Å². The second kappa shape index (κ2) is 47.6. The lowest BCUT2D eigenvalue weighted by Crippen LogP contribution is -2.61. The van der Waals surface area contributed by atoms with E-state index < -0.39 is 67.4 Å². The molecule has 1 fully saturated rings. The smallest absolute Gasteiger partial charge is 0.306 e. The van der Waals surface area contributed by atoms with Crippen molar-refractivity contribution >= 4 is 11.9 Å². The van der Waals surface area contributed by atoms with Crippen LogP contribution in [0, 0.1) is 0 Å². The van der Waals surface area contributed by atoms with Crippen molar-refractivity contribution in [1.29, 1.82) is 0 Å². The Labute approximate surface area is 431 Å². The lowest BCUT2D eigenvalue weighted by molar-refractivity contribution is -0.305. The standard InChI is InChI=1S/C60H101NO10/c1-4-7-10-13-16-19-22-25-26-27-30-32-35-38-41-44-47-53(64)59(68)61-51(52(63)46-43-40-37-34-31-28-23-20-17-14-11-8-5-2)50-69-60-58(57(67)56(66)54(49-62)70-60)71-55(65)48-45-42-39-36-33-29-24-21-18-15-12-9-6-3/h9,12,15-16,18-19,21,24-26,29,33,36,39,43,46,51-54,56-58,60,62-64,66-67H,4-8,10-11,13-14,17,20,22-23,27-28,30-32,34-35,37-38,40-42,44-45,47-50H2,1-3H3,(H,61,68)/b12-9+,18-15+,19-16-,24-21-,26-25-,33-29-,39-36+,46-43+. The Hall–Kier alpha value is -3.42. The van der Waals surface area contributed by atoms with Gasteiger partial charge in [0.25, 0.3) is 0 Å². The molecule has 11 nitrogen and oxygen atoms in total. The molecule has 71 heavy (non-hydrogen) atoms. The minimum Gasteiger partial charge on any atom is -0.454 e. The van der Waals surface area contributed by atoms with Gasteiger partial charge >= 0.3 is 5.97 Å². The van der Waals surface area contributed by atoms with Gasteiger partial charge < -0.3 is 45.1 Å². The number of unbranched alkanes of at least 4 members (excludes halogenated alkanes) is 21. The Morgan fingerprint density at radius 1 is 0.577 bits per heavy atom. The normalized spacial score (nSPS) is 20.4. The summed E-state index contributed by atoms with van der Waals surface area (Å²) in [7, 11) is 0. The second-order valence-corrected chi connectivity index (χ2v) is 19.1. The molecular weight excluding hydrogens is 895 g/mol. The van der Waals surface area contributed by atoms with Crippen LogP contribution in [0.25, 0.3) is 0 Å². The van der Waals surface area contributed by atoms with Gasteiger partial charge in [0.1, 0.15) is 24.4 Å². The highest BCUT2D eigenvalue weighted by molar-refractivity contribution is 5.80. The van der Waals surface area contributed by atoms with Crippen LogP contribution in [0.2, 0.25) is 0 Å². The Morgan fingerprint density at radius 3 is 1.65 bits per heavy atom. The zero-order chi connectivity index (χ0) is 51.8. The summed E-state index contributed by atoms with van der Waals surface area (Å²) >= 11 is 0. The van der Waals surface area contributed by atoms with E-state index >= 15 is 0 Å². The van der Waals surface area contributed by atoms with Crippen molar-refractivity contribution in [3.63, 3.8) is 0 Å². The number of hydrogen-bond acceptors (Lipinski definition) is 10. The predicted molar refractivity (Wildman–Crippen MR) is 292 cm³/mol. The minimum absolute atomic E-state index is 0.0217. The van der Waals surface area contributed by atoms with Crippen molar-refractivity contribution in [1.82, 2.24) is 5.32 Å². The zero-order valence-corrected chi connectivity index (χ0v) is 44.6. The first kappa shape index (κ1) is 65.6. The fraction of sp³-hybridized carbons (Fsp3) is 0.700. The molecule has 1 saturated heterocycles. The third kappa shape index (κ3) is 36.2. The maximum Gasteiger partial charge on any atom is 0.306 e. The SMILES string of the molecule is CC/C=C/C=C/C=C\C=C/C=C/CCCC(=O)OC1C(OCC(NC(=O)C(O)CCCCCCCC/C=C\C/C=C\CCCCC)C(O)/C=C/CCCCCCCCCCCCC)OC(CO)C(O)C1O. The lowest BCUT2D eigenvalue weighted by Gasteiger charge is -2.41. The Bertz CT molecular complexity index is 1520. The summed E-state index contributed by atoms with van der Waals surface area (Å²) in [6, 6.07) is -1.05. The van der Waals surface area contributed by atoms with E-state index in [4.69, 9.17) is 14.2 Å². The summed E-state index contributed by atoms with van der Waals surface area (Å²) in [4.78, 5) is 26.4. The highest BCUT2D eigenvalue weighted by Gasteiger charge is 2.47. The molecule has 8 atom stereocenters. The topological polar surface area (TPSA) is 175 Å². The van der Waals surface area contributed by atoms with Crippen molar-refractivity contribution in [2.75, 3.05) is 13.2 Å². The van der Waals surface area contributed by atoms with Gasteiger partial charge in [-0.2, -0.15) is 0 Å². The maximum atomic E-state index is 13.4. The monoisotopic (exact) mass is 996 g/mol. The third-order valence-electron chi connectivity index (χ3n) is 12.6. The van der Waals surface area contributed by atoms with Crippen LogP contribution in [0.3, 0.4) is 0 Å². The molecule has 0 aromatic carbocycles. The highest BCUT2D eigenvalue weighted by Crippen LogP contribution is 2.26. The zero-order valence-electron chi connectivity index (χ0n) is 44.6. The van der Waals surface area contributed by atoms with Crippen LogP contribution >= 0.6 is 0 Å². The lowest BCUT2D eigenvalue weighted by atomic mass is 9.99. The number of aliphatic hydroxyl groups is 5. The predicted octanol–water partition coefficient (Wildman–Crippen LogP) is 12.4. The van der Waals surface area contributed by atoms with E-state index in [0.717, 1.165) is 83.5 Å². The molecule has 8 unspecified atom stereocenters. The number of amides is 1. The number of rotatable bonds is 45. The molecule has 406 valence electrons. The van der Waals surface area contributed by atoms with E-state index in [1.165, 1.54) is 70.6 Å². The van der Waals surface area contributed by atoms with Gasteiger partial charge in [-0.25, -0.2) is 0 Å². The van der Waals surface area contributed by atoms with Gasteiger partial charge in [-0.3, -0.25) is 9.59 Å². The average Bonchev–Trinajstić information content (AvgIpc) is 3.37. The molecular formula is C60H101NO10. The van der Waals surface area contributed by atoms with Crippen molar-refractivity contribution < 1.29 is 49.3 Å². The van der Waals surface area contributed by atoms with E-state index in [9.17, 15) is 35.1 Å². The fourth-order valence-electron chi connectivity index (χ4n) is 8.12. The first-order chi connectivity index (χ1) is 34.7. The number of allylic oxidation sites excluding steroid dienone is 15. The molecule has 6 N–H and O–H groups in total. The third-order valence-corrected chi connectivity index (χ3v) is 12.6. The molecule has 1 rings (SSSR count). The summed E-state index contributed by atoms with van der Waals surface area (Å²) in [5.41, 5.74) is 0. The Balaban J connectivity index is 2.81. The van der Waals surface area contributed by atoms with E-state index in [-0.39, 0.29) is 19.4 Å². The molecule has 0 aromatic heterocycles. The molecule has 1 amide bonds. The summed E-state index contributed by atoms with van der Waals surface area (Å²) in [6.07, 6.45) is 51.7. The summed E-state index contributed by atoms with van der Waals surface area (Å²) in [5.74, 6) is -1.29. The largest absolute Gasteiger partial charge is 0.454 e. The van der Waals surface area contributed by atoms with Crippen LogP contribution in [-0.4, -0.2) is 99.6 Å². The maximum absolute atomic E-state index is 13.4. The number of carbonyl (C=O) groups excluding carboxylic acids is 2. The van der Waals surface area contributed by atoms with Crippen molar-refractivity contribution in [3.8, 4) is 0 Å². The highest BCUT2D eigenvalue weighted by atomic mass is 16.7. The van der Waals surface area contributed by atoms with E-state index in [0.29, 0.717) is 19.3 Å². The van der Waals surface area contributed by atoms with Crippen molar-refractivity contribution in [2.45, 2.75) is 256 Å². The molecule has 1 aliphatic rings. The molecule has 0 aromatic rings. The van der Waals surface area contributed by atoms with Crippen LogP contribution in [0.5, 0.6) is 0 Å². The fourth-order valence-corrected chi connectivity index (χ4v) is 8.12. The molecule has 0 saturated carbocycles. The Kier molecular flexibility index (Phi) is 44.0. The number of ether oxygens (including phenoxy) is 3. The van der Waals surface area contributed by atoms with Gasteiger partial charge in [0.15, 0.2) is 12.4 Å². The van der Waals surface area contributed by atoms with E-state index in [1.54, 1.807) is 6.08 Å². The van der Waals surface area contributed by atoms with Gasteiger partial charge in [-0.15, -0.1) is 0 Å². The van der Waals surface area contributed by atoms with E-state index in [2.05, 4.69) is 56.5 Å². The number of nitrogens with one attached hydrogen (secondary N) is 1. The first-order valence-electron chi connectivity index (χ1n) is 28.1. The van der Waals surface area contributed by atoms with Crippen molar-refractivity contribution in [3.05, 3.63) is 97.2 Å². The number of esters is 1. The van der Waals surface area contributed by atoms with Crippen LogP contribution in [0.4, 0.5) is 0 Å². The van der Waals surface area contributed by atoms with Crippen LogP contribution in [0.1, 0.15) is 207 Å². The number of carbonyl (C=O) groups is 2. The average molecular weight is 996 g/mol. The van der Waals surface area contributed by atoms with Crippen LogP contribution < -0.4 is 5.32 Å². The van der Waals surface area contributed by atoms with E-state index in [1.807, 2.05) is 60.8 Å². The second-order valence-electron chi connectivity index (χ2n) is 19.1. The summed E-state index contributed by atoms with van der Waals surface area (Å²) in [5, 5.41) is 56.7. The quantitative estimate of drug-likeness (QED) is 0.0149. The number of hydrogen-bond donors (Lipinski definition) is 6. The number of aliphatic hydroxyl groups excluding tert-OH is 5. The molecule has 0 bridgehead atoms. The minimum atomic E-state index is -1.65. The van der Waals surface area contributed by atoms with Gasteiger partial charge in [0.2, 0.25) is 5.91 Å². The molecule has 1 aliphatic heterocycles. The van der Waals surface area contributed by atoms with Gasteiger partial charge in [-0.1, -0.05) is 227 Å². The van der Waals surface area contributed by atoms with Gasteiger partial charge in [-0.05, 0) is 70.6 Å². The van der Waals surface area contributed by atoms with Crippen molar-refractivity contribution in [2.24, 2.45) is 0 Å². The molecule has 0 radical (unpaired) electrons. The molecule has 11 heteroatoms.